The molecule has 0 aromatic heterocycles. The first-order valence-electron chi connectivity index (χ1n) is 5.32. The Morgan fingerprint density at radius 2 is 1.89 bits per heavy atom. The summed E-state index contributed by atoms with van der Waals surface area (Å²) in [6.07, 6.45) is 0.146. The molecule has 2 amide bonds. The lowest BCUT2D eigenvalue weighted by Crippen LogP contribution is -2.34. The van der Waals surface area contributed by atoms with Crippen LogP contribution in [0.5, 0.6) is 11.5 Å². The van der Waals surface area contributed by atoms with E-state index < -0.39 is 5.91 Å². The van der Waals surface area contributed by atoms with Crippen molar-refractivity contribution >= 4 is 11.8 Å². The monoisotopic (exact) mass is 252 g/mol. The summed E-state index contributed by atoms with van der Waals surface area (Å²) in [6.45, 7) is -0.161. The number of benzene rings is 1. The molecule has 18 heavy (non-hydrogen) atoms. The maximum atomic E-state index is 11.5. The van der Waals surface area contributed by atoms with Gasteiger partial charge < -0.3 is 20.5 Å². The molecule has 0 aliphatic rings. The zero-order valence-corrected chi connectivity index (χ0v) is 10.4. The topological polar surface area (TPSA) is 90.6 Å². The molecular formula is C12H16N2O4. The number of carbonyl (C=O) groups is 2. The summed E-state index contributed by atoms with van der Waals surface area (Å²) in [5.41, 5.74) is 5.69. The van der Waals surface area contributed by atoms with Gasteiger partial charge in [0.2, 0.25) is 11.8 Å². The highest BCUT2D eigenvalue weighted by Crippen LogP contribution is 2.27. The van der Waals surface area contributed by atoms with Gasteiger partial charge in [-0.05, 0) is 17.7 Å². The van der Waals surface area contributed by atoms with E-state index >= 15 is 0 Å². The van der Waals surface area contributed by atoms with Crippen LogP contribution in [0, 0.1) is 0 Å². The van der Waals surface area contributed by atoms with E-state index in [0.717, 1.165) is 5.56 Å². The lowest BCUT2D eigenvalue weighted by molar-refractivity contribution is -0.124. The average molecular weight is 252 g/mol. The summed E-state index contributed by atoms with van der Waals surface area (Å²) in [5.74, 6) is 0.299. The van der Waals surface area contributed by atoms with Crippen LogP contribution in [0.1, 0.15) is 5.56 Å². The Morgan fingerprint density at radius 1 is 1.22 bits per heavy atom. The SMILES string of the molecule is COc1ccc(CC(=O)NCC(N)=O)cc1OC. The molecule has 98 valence electrons. The van der Waals surface area contributed by atoms with Gasteiger partial charge >= 0.3 is 0 Å². The number of nitrogens with one attached hydrogen (secondary N) is 1. The lowest BCUT2D eigenvalue weighted by atomic mass is 10.1. The predicted molar refractivity (Wildman–Crippen MR) is 65.5 cm³/mol. The van der Waals surface area contributed by atoms with Crippen LogP contribution in [-0.2, 0) is 16.0 Å². The third-order valence-electron chi connectivity index (χ3n) is 2.27. The zero-order chi connectivity index (χ0) is 13.5. The largest absolute Gasteiger partial charge is 0.493 e. The molecule has 0 atom stereocenters. The molecule has 0 fully saturated rings. The maximum absolute atomic E-state index is 11.5. The van der Waals surface area contributed by atoms with Gasteiger partial charge in [0.25, 0.3) is 0 Å². The number of amides is 2. The number of methoxy groups -OCH3 is 2. The Bertz CT molecular complexity index is 446. The molecule has 1 rings (SSSR count). The minimum Gasteiger partial charge on any atom is -0.493 e. The Hall–Kier alpha value is -2.24. The Balaban J connectivity index is 2.67. The van der Waals surface area contributed by atoms with Gasteiger partial charge in [-0.2, -0.15) is 0 Å². The Labute approximate surface area is 105 Å². The molecule has 0 spiro atoms. The van der Waals surface area contributed by atoms with E-state index in [9.17, 15) is 9.59 Å². The molecule has 1 aromatic carbocycles. The van der Waals surface area contributed by atoms with Gasteiger partial charge in [0.15, 0.2) is 11.5 Å². The molecule has 0 saturated heterocycles. The number of nitrogens with two attached hydrogens (primary N) is 1. The standard InChI is InChI=1S/C12H16N2O4/c1-17-9-4-3-8(5-10(9)18-2)6-12(16)14-7-11(13)15/h3-5H,6-7H2,1-2H3,(H2,13,15)(H,14,16). The molecule has 0 aliphatic heterocycles. The molecule has 0 aliphatic carbocycles. The second kappa shape index (κ2) is 6.48. The van der Waals surface area contributed by atoms with Gasteiger partial charge in [-0.1, -0.05) is 6.07 Å². The van der Waals surface area contributed by atoms with Crippen molar-refractivity contribution in [3.8, 4) is 11.5 Å². The minimum atomic E-state index is -0.573. The highest BCUT2D eigenvalue weighted by atomic mass is 16.5. The summed E-state index contributed by atoms with van der Waals surface area (Å²) >= 11 is 0. The van der Waals surface area contributed by atoms with Crippen molar-refractivity contribution in [2.24, 2.45) is 5.73 Å². The normalized spacial score (nSPS) is 9.67. The van der Waals surface area contributed by atoms with Crippen LogP contribution in [0.4, 0.5) is 0 Å². The van der Waals surface area contributed by atoms with Crippen molar-refractivity contribution in [3.63, 3.8) is 0 Å². The molecule has 0 bridgehead atoms. The van der Waals surface area contributed by atoms with E-state index in [1.54, 1.807) is 18.2 Å². The summed E-state index contributed by atoms with van der Waals surface area (Å²) in [7, 11) is 3.06. The van der Waals surface area contributed by atoms with Gasteiger partial charge in [0.1, 0.15) is 0 Å². The summed E-state index contributed by atoms with van der Waals surface area (Å²) in [4.78, 5) is 22.0. The molecule has 6 nitrogen and oxygen atoms in total. The van der Waals surface area contributed by atoms with Gasteiger partial charge in [-0.15, -0.1) is 0 Å². The highest BCUT2D eigenvalue weighted by Gasteiger charge is 2.08. The molecule has 3 N–H and O–H groups in total. The van der Waals surface area contributed by atoms with Crippen LogP contribution in [0.3, 0.4) is 0 Å². The van der Waals surface area contributed by atoms with Crippen LogP contribution < -0.4 is 20.5 Å². The Morgan fingerprint density at radius 3 is 2.44 bits per heavy atom. The van der Waals surface area contributed by atoms with E-state index in [2.05, 4.69) is 5.32 Å². The second-order valence-corrected chi connectivity index (χ2v) is 3.61. The third-order valence-corrected chi connectivity index (χ3v) is 2.27. The van der Waals surface area contributed by atoms with Crippen LogP contribution in [-0.4, -0.2) is 32.6 Å². The fraction of sp³-hybridized carbons (Fsp3) is 0.333. The first kappa shape index (κ1) is 13.8. The fourth-order valence-electron chi connectivity index (χ4n) is 1.42. The molecule has 0 saturated carbocycles. The number of hydrogen-bond acceptors (Lipinski definition) is 4. The number of ether oxygens (including phenoxy) is 2. The van der Waals surface area contributed by atoms with Gasteiger partial charge in [-0.3, -0.25) is 9.59 Å². The summed E-state index contributed by atoms with van der Waals surface area (Å²) < 4.78 is 10.2. The van der Waals surface area contributed by atoms with Gasteiger partial charge in [0.05, 0.1) is 27.2 Å². The van der Waals surface area contributed by atoms with E-state index in [4.69, 9.17) is 15.2 Å². The predicted octanol–water partition coefficient (Wildman–Crippen LogP) is -0.152. The molecule has 0 radical (unpaired) electrons. The average Bonchev–Trinajstić information content (AvgIpc) is 2.36. The first-order valence-corrected chi connectivity index (χ1v) is 5.32. The number of primary amides is 1. The maximum Gasteiger partial charge on any atom is 0.236 e. The van der Waals surface area contributed by atoms with Crippen molar-refractivity contribution in [3.05, 3.63) is 23.8 Å². The number of hydrogen-bond donors (Lipinski definition) is 2. The van der Waals surface area contributed by atoms with Gasteiger partial charge in [0, 0.05) is 0 Å². The van der Waals surface area contributed by atoms with E-state index in [1.165, 1.54) is 14.2 Å². The first-order chi connectivity index (χ1) is 8.56. The molecule has 0 unspecified atom stereocenters. The molecule has 6 heteroatoms. The van der Waals surface area contributed by atoms with Crippen molar-refractivity contribution < 1.29 is 19.1 Å². The van der Waals surface area contributed by atoms with Crippen molar-refractivity contribution in [2.45, 2.75) is 6.42 Å². The lowest BCUT2D eigenvalue weighted by Gasteiger charge is -2.09. The summed E-state index contributed by atoms with van der Waals surface area (Å²) in [6, 6.07) is 5.18. The van der Waals surface area contributed by atoms with Crippen molar-refractivity contribution in [1.29, 1.82) is 0 Å². The summed E-state index contributed by atoms with van der Waals surface area (Å²) in [5, 5.41) is 2.41. The van der Waals surface area contributed by atoms with Crippen molar-refractivity contribution in [2.75, 3.05) is 20.8 Å². The van der Waals surface area contributed by atoms with E-state index in [1.807, 2.05) is 0 Å². The molecule has 1 aromatic rings. The smallest absolute Gasteiger partial charge is 0.236 e. The van der Waals surface area contributed by atoms with E-state index in [-0.39, 0.29) is 18.9 Å². The fourth-order valence-corrected chi connectivity index (χ4v) is 1.42. The second-order valence-electron chi connectivity index (χ2n) is 3.61. The third kappa shape index (κ3) is 3.97. The minimum absolute atomic E-state index is 0.146. The quantitative estimate of drug-likeness (QED) is 0.736. The van der Waals surface area contributed by atoms with Crippen molar-refractivity contribution in [1.82, 2.24) is 5.32 Å². The highest BCUT2D eigenvalue weighted by molar-refractivity contribution is 5.84. The van der Waals surface area contributed by atoms with Crippen LogP contribution >= 0.6 is 0 Å². The molecular weight excluding hydrogens is 236 g/mol. The van der Waals surface area contributed by atoms with Crippen LogP contribution in [0.2, 0.25) is 0 Å². The van der Waals surface area contributed by atoms with E-state index in [0.29, 0.717) is 11.5 Å². The van der Waals surface area contributed by atoms with Crippen LogP contribution in [0.25, 0.3) is 0 Å². The Kier molecular flexibility index (Phi) is 4.98. The zero-order valence-electron chi connectivity index (χ0n) is 10.4. The number of carbonyl (C=O) groups excluding carboxylic acids is 2. The number of rotatable bonds is 6. The van der Waals surface area contributed by atoms with Gasteiger partial charge in [-0.25, -0.2) is 0 Å². The van der Waals surface area contributed by atoms with Crippen LogP contribution in [0.15, 0.2) is 18.2 Å². The molecule has 0 heterocycles.